The van der Waals surface area contributed by atoms with Gasteiger partial charge in [-0.25, -0.2) is 0 Å². The fraction of sp³-hybridized carbons (Fsp3) is 0.600. The molecule has 0 spiro atoms. The lowest BCUT2D eigenvalue weighted by atomic mass is 9.99. The highest BCUT2D eigenvalue weighted by Gasteiger charge is 2.31. The molecule has 0 aromatic heterocycles. The predicted molar refractivity (Wildman–Crippen MR) is 83.7 cm³/mol. The molecule has 0 unspecified atom stereocenters. The van der Waals surface area contributed by atoms with Gasteiger partial charge in [-0.3, -0.25) is 4.90 Å². The highest BCUT2D eigenvalue weighted by Crippen LogP contribution is 2.32. The van der Waals surface area contributed by atoms with E-state index in [2.05, 4.69) is 52.7 Å². The third-order valence-electron chi connectivity index (χ3n) is 4.11. The van der Waals surface area contributed by atoms with Crippen molar-refractivity contribution in [3.63, 3.8) is 0 Å². The van der Waals surface area contributed by atoms with Crippen molar-refractivity contribution in [1.82, 2.24) is 4.90 Å². The van der Waals surface area contributed by atoms with E-state index in [1.54, 1.807) is 6.92 Å². The minimum atomic E-state index is -0.422. The highest BCUT2D eigenvalue weighted by molar-refractivity contribution is 9.10. The molecule has 1 saturated heterocycles. The Balaban J connectivity index is 2.23. The Bertz CT molecular complexity index is 459. The minimum Gasteiger partial charge on any atom is -0.389 e. The fourth-order valence-corrected chi connectivity index (χ4v) is 3.13. The smallest absolute Gasteiger partial charge is 0.0762 e. The summed E-state index contributed by atoms with van der Waals surface area (Å²) in [6.07, 6.45) is -0.422. The Labute approximate surface area is 124 Å². The van der Waals surface area contributed by atoms with Gasteiger partial charge in [-0.2, -0.15) is 0 Å². The molecule has 2 rings (SSSR count). The van der Waals surface area contributed by atoms with E-state index in [9.17, 15) is 5.11 Å². The van der Waals surface area contributed by atoms with Crippen LogP contribution in [-0.4, -0.2) is 42.2 Å². The molecule has 0 saturated carbocycles. The molecule has 3 nitrogen and oxygen atoms in total. The van der Waals surface area contributed by atoms with Crippen LogP contribution in [0.5, 0.6) is 0 Å². The quantitative estimate of drug-likeness (QED) is 0.904. The van der Waals surface area contributed by atoms with Gasteiger partial charge in [-0.1, -0.05) is 6.07 Å². The van der Waals surface area contributed by atoms with Crippen LogP contribution in [0.1, 0.15) is 32.4 Å². The summed E-state index contributed by atoms with van der Waals surface area (Å²) in [5.74, 6) is 0. The molecule has 0 radical (unpaired) electrons. The summed E-state index contributed by atoms with van der Waals surface area (Å²) in [4.78, 5) is 4.82. The Hall–Kier alpha value is -0.580. The molecule has 1 aliphatic heterocycles. The minimum absolute atomic E-state index is 0.181. The van der Waals surface area contributed by atoms with Crippen LogP contribution in [0.15, 0.2) is 22.7 Å². The van der Waals surface area contributed by atoms with Crippen molar-refractivity contribution in [3.05, 3.63) is 28.2 Å². The van der Waals surface area contributed by atoms with Crippen LogP contribution in [0.4, 0.5) is 5.69 Å². The molecule has 1 aromatic carbocycles. The van der Waals surface area contributed by atoms with E-state index in [4.69, 9.17) is 0 Å². The second kappa shape index (κ2) is 5.43. The summed E-state index contributed by atoms with van der Waals surface area (Å²) < 4.78 is 1.06. The van der Waals surface area contributed by atoms with Crippen molar-refractivity contribution in [2.45, 2.75) is 32.4 Å². The molecule has 1 N–H and O–H groups in total. The zero-order valence-electron chi connectivity index (χ0n) is 12.2. The third-order valence-corrected chi connectivity index (χ3v) is 4.75. The predicted octanol–water partition coefficient (Wildman–Crippen LogP) is 3.03. The number of hydrogen-bond donors (Lipinski definition) is 1. The number of hydrogen-bond acceptors (Lipinski definition) is 3. The molecular weight excluding hydrogens is 304 g/mol. The normalized spacial score (nSPS) is 21.5. The second-order valence-electron chi connectivity index (χ2n) is 6.04. The van der Waals surface area contributed by atoms with Gasteiger partial charge in [-0.05, 0) is 61.4 Å². The first kappa shape index (κ1) is 14.8. The Morgan fingerprint density at radius 1 is 1.32 bits per heavy atom. The number of anilines is 1. The number of benzene rings is 1. The third kappa shape index (κ3) is 3.12. The first-order valence-electron chi connectivity index (χ1n) is 6.75. The fourth-order valence-electron chi connectivity index (χ4n) is 2.49. The molecule has 1 fully saturated rings. The van der Waals surface area contributed by atoms with E-state index >= 15 is 0 Å². The lowest BCUT2D eigenvalue weighted by molar-refractivity contribution is 0.139. The van der Waals surface area contributed by atoms with Crippen molar-refractivity contribution in [3.8, 4) is 0 Å². The number of halogens is 1. The number of aliphatic hydroxyl groups excluding tert-OH is 1. The van der Waals surface area contributed by atoms with E-state index in [1.807, 2.05) is 12.1 Å². The van der Waals surface area contributed by atoms with Gasteiger partial charge >= 0.3 is 0 Å². The van der Waals surface area contributed by atoms with E-state index in [0.29, 0.717) is 0 Å². The van der Waals surface area contributed by atoms with Crippen LogP contribution in [0.3, 0.4) is 0 Å². The summed E-state index contributed by atoms with van der Waals surface area (Å²) in [7, 11) is 2.18. The van der Waals surface area contributed by atoms with Crippen molar-refractivity contribution >= 4 is 21.6 Å². The van der Waals surface area contributed by atoms with Gasteiger partial charge in [0.05, 0.1) is 11.8 Å². The van der Waals surface area contributed by atoms with E-state index in [1.165, 1.54) is 5.69 Å². The lowest BCUT2D eigenvalue weighted by Gasteiger charge is -2.46. The number of nitrogens with zero attached hydrogens (tertiary/aromatic N) is 2. The number of rotatable bonds is 2. The molecule has 1 aromatic rings. The van der Waals surface area contributed by atoms with Gasteiger partial charge in [-0.15, -0.1) is 0 Å². The lowest BCUT2D eigenvalue weighted by Crippen LogP contribution is -2.57. The topological polar surface area (TPSA) is 26.7 Å². The van der Waals surface area contributed by atoms with Gasteiger partial charge < -0.3 is 10.0 Å². The van der Waals surface area contributed by atoms with Crippen molar-refractivity contribution in [2.75, 3.05) is 31.6 Å². The summed E-state index contributed by atoms with van der Waals surface area (Å²) in [6.45, 7) is 9.45. The second-order valence-corrected chi connectivity index (χ2v) is 6.90. The average molecular weight is 327 g/mol. The molecule has 106 valence electrons. The summed E-state index contributed by atoms with van der Waals surface area (Å²) >= 11 is 3.64. The highest BCUT2D eigenvalue weighted by atomic mass is 79.9. The van der Waals surface area contributed by atoms with Crippen LogP contribution < -0.4 is 4.90 Å². The maximum atomic E-state index is 9.63. The molecule has 1 atom stereocenters. The van der Waals surface area contributed by atoms with Crippen LogP contribution in [-0.2, 0) is 0 Å². The van der Waals surface area contributed by atoms with Crippen LogP contribution in [0, 0.1) is 0 Å². The Kier molecular flexibility index (Phi) is 4.23. The van der Waals surface area contributed by atoms with Crippen LogP contribution in [0.25, 0.3) is 0 Å². The Morgan fingerprint density at radius 3 is 2.53 bits per heavy atom. The maximum absolute atomic E-state index is 9.63. The molecule has 4 heteroatoms. The van der Waals surface area contributed by atoms with Crippen molar-refractivity contribution < 1.29 is 5.11 Å². The average Bonchev–Trinajstić information content (AvgIpc) is 2.32. The SMILES string of the molecule is C[C@H](O)c1ccc(N2CCN(C)C(C)(C)C2)c(Br)c1. The molecule has 0 amide bonds. The van der Waals surface area contributed by atoms with E-state index in [0.717, 1.165) is 29.7 Å². The first-order chi connectivity index (χ1) is 8.81. The largest absolute Gasteiger partial charge is 0.389 e. The van der Waals surface area contributed by atoms with Crippen LogP contribution >= 0.6 is 15.9 Å². The van der Waals surface area contributed by atoms with E-state index < -0.39 is 6.10 Å². The maximum Gasteiger partial charge on any atom is 0.0762 e. The summed E-state index contributed by atoms with van der Waals surface area (Å²) in [5, 5.41) is 9.63. The Morgan fingerprint density at radius 2 is 2.00 bits per heavy atom. The van der Waals surface area contributed by atoms with Gasteiger partial charge in [0.15, 0.2) is 0 Å². The van der Waals surface area contributed by atoms with Crippen molar-refractivity contribution in [2.24, 2.45) is 0 Å². The first-order valence-corrected chi connectivity index (χ1v) is 7.54. The number of aliphatic hydroxyl groups is 1. The zero-order valence-corrected chi connectivity index (χ0v) is 13.7. The molecule has 0 aliphatic carbocycles. The van der Waals surface area contributed by atoms with Gasteiger partial charge in [0.1, 0.15) is 0 Å². The molecule has 1 heterocycles. The van der Waals surface area contributed by atoms with Gasteiger partial charge in [0.25, 0.3) is 0 Å². The standard InChI is InChI=1S/C15H23BrN2O/c1-11(19)12-5-6-14(13(16)9-12)18-8-7-17(4)15(2,3)10-18/h5-6,9,11,19H,7-8,10H2,1-4H3/t11-/m0/s1. The monoisotopic (exact) mass is 326 g/mol. The van der Waals surface area contributed by atoms with Crippen molar-refractivity contribution in [1.29, 1.82) is 0 Å². The molecule has 1 aliphatic rings. The zero-order chi connectivity index (χ0) is 14.2. The van der Waals surface area contributed by atoms with Gasteiger partial charge in [0.2, 0.25) is 0 Å². The van der Waals surface area contributed by atoms with E-state index in [-0.39, 0.29) is 5.54 Å². The number of piperazine rings is 1. The molecule has 19 heavy (non-hydrogen) atoms. The van der Waals surface area contributed by atoms with Gasteiger partial charge in [0, 0.05) is 29.6 Å². The summed E-state index contributed by atoms with van der Waals surface area (Å²) in [5.41, 5.74) is 2.34. The van der Waals surface area contributed by atoms with Crippen LogP contribution in [0.2, 0.25) is 0 Å². The summed E-state index contributed by atoms with van der Waals surface area (Å²) in [6, 6.07) is 6.13. The molecule has 0 bridgehead atoms. The number of likely N-dealkylation sites (N-methyl/N-ethyl adjacent to an activating group) is 1. The molecular formula is C15H23BrN2O.